The fourth-order valence-electron chi connectivity index (χ4n) is 3.17. The molecule has 0 aliphatic carbocycles. The van der Waals surface area contributed by atoms with Crippen molar-refractivity contribution in [3.63, 3.8) is 0 Å². The van der Waals surface area contributed by atoms with Gasteiger partial charge in [0, 0.05) is 16.6 Å². The summed E-state index contributed by atoms with van der Waals surface area (Å²) in [5.41, 5.74) is 6.59. The second kappa shape index (κ2) is 9.01. The van der Waals surface area contributed by atoms with Crippen LogP contribution < -0.4 is 10.2 Å². The van der Waals surface area contributed by atoms with E-state index < -0.39 is 0 Å². The zero-order valence-corrected chi connectivity index (χ0v) is 16.6. The maximum absolute atomic E-state index is 12.7. The van der Waals surface area contributed by atoms with E-state index >= 15 is 0 Å². The Hall–Kier alpha value is -3.99. The Bertz CT molecular complexity index is 1200. The van der Waals surface area contributed by atoms with E-state index in [1.807, 2.05) is 85.8 Å². The summed E-state index contributed by atoms with van der Waals surface area (Å²) in [6.45, 7) is 2.33. The molecule has 1 amide bonds. The number of carbonyl (C=O) groups excluding carboxylic acids is 1. The number of rotatable bonds is 6. The van der Waals surface area contributed by atoms with E-state index in [2.05, 4.69) is 15.5 Å². The monoisotopic (exact) mass is 395 g/mol. The molecule has 0 saturated carbocycles. The van der Waals surface area contributed by atoms with Gasteiger partial charge in [0.15, 0.2) is 0 Å². The molecule has 30 heavy (non-hydrogen) atoms. The highest BCUT2D eigenvalue weighted by Crippen LogP contribution is 2.19. The Labute approximate surface area is 175 Å². The number of aromatic nitrogens is 1. The second-order valence-electron chi connectivity index (χ2n) is 6.84. The van der Waals surface area contributed by atoms with Gasteiger partial charge in [-0.05, 0) is 36.8 Å². The minimum absolute atomic E-state index is 0.282. The number of amides is 1. The first-order chi connectivity index (χ1) is 14.7. The van der Waals surface area contributed by atoms with Gasteiger partial charge in [-0.1, -0.05) is 60.7 Å². The van der Waals surface area contributed by atoms with Crippen molar-refractivity contribution in [1.29, 1.82) is 0 Å². The number of para-hydroxylation sites is 2. The third kappa shape index (κ3) is 4.52. The molecule has 5 nitrogen and oxygen atoms in total. The van der Waals surface area contributed by atoms with Crippen LogP contribution in [0.5, 0.6) is 5.75 Å². The Balaban J connectivity index is 1.48. The summed E-state index contributed by atoms with van der Waals surface area (Å²) >= 11 is 0. The van der Waals surface area contributed by atoms with Gasteiger partial charge in [-0.2, -0.15) is 5.10 Å². The van der Waals surface area contributed by atoms with E-state index in [1.165, 1.54) is 0 Å². The molecule has 0 spiro atoms. The van der Waals surface area contributed by atoms with Crippen LogP contribution in [0.15, 0.2) is 90.0 Å². The van der Waals surface area contributed by atoms with Crippen molar-refractivity contribution in [1.82, 2.24) is 10.4 Å². The van der Waals surface area contributed by atoms with Gasteiger partial charge in [-0.3, -0.25) is 9.78 Å². The standard InChI is InChI=1S/C25H21N3O2/c1-18-15-22(21-12-6-7-13-23(21)27-18)25(29)28-26-16-20-11-5-8-14-24(20)30-17-19-9-3-2-4-10-19/h2-16H,17H2,1H3,(H,28,29)/b26-16-. The molecule has 1 N–H and O–H groups in total. The largest absolute Gasteiger partial charge is 0.488 e. The first-order valence-electron chi connectivity index (χ1n) is 9.66. The number of ether oxygens (including phenoxy) is 1. The molecule has 148 valence electrons. The van der Waals surface area contributed by atoms with Gasteiger partial charge in [-0.25, -0.2) is 5.43 Å². The van der Waals surface area contributed by atoms with Crippen molar-refractivity contribution in [3.8, 4) is 5.75 Å². The van der Waals surface area contributed by atoms with Crippen LogP contribution in [0.3, 0.4) is 0 Å². The number of aryl methyl sites for hydroxylation is 1. The summed E-state index contributed by atoms with van der Waals surface area (Å²) in [7, 11) is 0. The first-order valence-corrected chi connectivity index (χ1v) is 9.66. The van der Waals surface area contributed by atoms with Crippen LogP contribution in [0.25, 0.3) is 10.9 Å². The number of hydrogen-bond donors (Lipinski definition) is 1. The summed E-state index contributed by atoms with van der Waals surface area (Å²) in [4.78, 5) is 17.2. The van der Waals surface area contributed by atoms with Crippen molar-refractivity contribution in [2.24, 2.45) is 5.10 Å². The van der Waals surface area contributed by atoms with Gasteiger partial charge in [0.2, 0.25) is 0 Å². The van der Waals surface area contributed by atoms with Crippen LogP contribution in [0.1, 0.15) is 27.2 Å². The molecule has 0 fully saturated rings. The molecule has 0 aliphatic heterocycles. The van der Waals surface area contributed by atoms with Crippen LogP contribution in [0, 0.1) is 6.92 Å². The SMILES string of the molecule is Cc1cc(C(=O)N/N=C\c2ccccc2OCc2ccccc2)c2ccccc2n1. The fraction of sp³-hybridized carbons (Fsp3) is 0.0800. The molecular formula is C25H21N3O2. The number of benzene rings is 3. The third-order valence-corrected chi connectivity index (χ3v) is 4.61. The zero-order valence-electron chi connectivity index (χ0n) is 16.6. The molecule has 0 radical (unpaired) electrons. The summed E-state index contributed by atoms with van der Waals surface area (Å²) in [6, 6.07) is 26.9. The molecule has 1 heterocycles. The van der Waals surface area contributed by atoms with E-state index in [9.17, 15) is 4.79 Å². The van der Waals surface area contributed by atoms with E-state index in [0.717, 1.165) is 27.7 Å². The normalized spacial score (nSPS) is 11.0. The maximum Gasteiger partial charge on any atom is 0.272 e. The van der Waals surface area contributed by atoms with E-state index in [1.54, 1.807) is 12.3 Å². The third-order valence-electron chi connectivity index (χ3n) is 4.61. The van der Waals surface area contributed by atoms with Crippen molar-refractivity contribution >= 4 is 23.0 Å². The highest BCUT2D eigenvalue weighted by Gasteiger charge is 2.11. The molecule has 1 aromatic heterocycles. The average Bonchev–Trinajstić information content (AvgIpc) is 2.78. The molecule has 4 aromatic rings. The number of hydrazone groups is 1. The lowest BCUT2D eigenvalue weighted by molar-refractivity contribution is 0.0956. The molecule has 0 atom stereocenters. The zero-order chi connectivity index (χ0) is 20.8. The molecule has 0 bridgehead atoms. The summed E-state index contributed by atoms with van der Waals surface area (Å²) in [5, 5.41) is 4.94. The van der Waals surface area contributed by atoms with Gasteiger partial charge in [0.25, 0.3) is 5.91 Å². The van der Waals surface area contributed by atoms with Crippen LogP contribution in [-0.4, -0.2) is 17.1 Å². The number of hydrogen-bond acceptors (Lipinski definition) is 4. The topological polar surface area (TPSA) is 63.6 Å². The number of nitrogens with zero attached hydrogens (tertiary/aromatic N) is 2. The Morgan fingerprint density at radius 3 is 2.60 bits per heavy atom. The molecule has 3 aromatic carbocycles. The van der Waals surface area contributed by atoms with Crippen molar-refractivity contribution in [2.75, 3.05) is 0 Å². The maximum atomic E-state index is 12.7. The van der Waals surface area contributed by atoms with E-state index in [4.69, 9.17) is 4.74 Å². The minimum Gasteiger partial charge on any atom is -0.488 e. The highest BCUT2D eigenvalue weighted by molar-refractivity contribution is 6.06. The lowest BCUT2D eigenvalue weighted by Gasteiger charge is -2.09. The fourth-order valence-corrected chi connectivity index (χ4v) is 3.17. The lowest BCUT2D eigenvalue weighted by Crippen LogP contribution is -2.18. The van der Waals surface area contributed by atoms with Gasteiger partial charge in [0.1, 0.15) is 12.4 Å². The predicted octanol–water partition coefficient (Wildman–Crippen LogP) is 4.89. The summed E-state index contributed by atoms with van der Waals surface area (Å²) in [5.74, 6) is 0.417. The van der Waals surface area contributed by atoms with Gasteiger partial charge in [-0.15, -0.1) is 0 Å². The molecule has 0 saturated heterocycles. The lowest BCUT2D eigenvalue weighted by atomic mass is 10.1. The van der Waals surface area contributed by atoms with Gasteiger partial charge in [0.05, 0.1) is 17.3 Å². The summed E-state index contributed by atoms with van der Waals surface area (Å²) in [6.07, 6.45) is 1.59. The molecular weight excluding hydrogens is 374 g/mol. The highest BCUT2D eigenvalue weighted by atomic mass is 16.5. The van der Waals surface area contributed by atoms with Gasteiger partial charge >= 0.3 is 0 Å². The Kier molecular flexibility index (Phi) is 5.80. The number of fused-ring (bicyclic) bond motifs is 1. The molecule has 0 aliphatic rings. The number of nitrogens with one attached hydrogen (secondary N) is 1. The van der Waals surface area contributed by atoms with Crippen molar-refractivity contribution in [3.05, 3.63) is 107 Å². The van der Waals surface area contributed by atoms with E-state index in [-0.39, 0.29) is 5.91 Å². The van der Waals surface area contributed by atoms with Crippen LogP contribution in [0.4, 0.5) is 0 Å². The smallest absolute Gasteiger partial charge is 0.272 e. The Morgan fingerprint density at radius 2 is 1.73 bits per heavy atom. The van der Waals surface area contributed by atoms with Crippen LogP contribution in [0.2, 0.25) is 0 Å². The second-order valence-corrected chi connectivity index (χ2v) is 6.84. The van der Waals surface area contributed by atoms with Gasteiger partial charge < -0.3 is 4.74 Å². The van der Waals surface area contributed by atoms with Crippen molar-refractivity contribution < 1.29 is 9.53 Å². The quantitative estimate of drug-likeness (QED) is 0.374. The van der Waals surface area contributed by atoms with E-state index in [0.29, 0.717) is 17.9 Å². The van der Waals surface area contributed by atoms with Crippen LogP contribution >= 0.6 is 0 Å². The average molecular weight is 395 g/mol. The molecule has 4 rings (SSSR count). The number of pyridine rings is 1. The minimum atomic E-state index is -0.282. The van der Waals surface area contributed by atoms with Crippen molar-refractivity contribution in [2.45, 2.75) is 13.5 Å². The number of carbonyl (C=O) groups is 1. The Morgan fingerprint density at radius 1 is 1.00 bits per heavy atom. The summed E-state index contributed by atoms with van der Waals surface area (Å²) < 4.78 is 5.93. The molecule has 0 unspecified atom stereocenters. The van der Waals surface area contributed by atoms with Crippen LogP contribution in [-0.2, 0) is 6.61 Å². The first kappa shape index (κ1) is 19.3. The molecule has 5 heteroatoms. The predicted molar refractivity (Wildman–Crippen MR) is 119 cm³/mol.